The van der Waals surface area contributed by atoms with Gasteiger partial charge >= 0.3 is 19.8 Å². The molecule has 9 nitrogen and oxygen atoms in total. The lowest BCUT2D eigenvalue weighted by molar-refractivity contribution is -0.870. The number of hydrogen-bond acceptors (Lipinski definition) is 7. The maximum absolute atomic E-state index is 12.9. The third-order valence-electron chi connectivity index (χ3n) is 16.8. The largest absolute Gasteiger partial charge is 0.472 e. The summed E-state index contributed by atoms with van der Waals surface area (Å²) >= 11 is 0. The van der Waals surface area contributed by atoms with Crippen LogP contribution in [-0.4, -0.2) is 74.9 Å². The molecule has 10 heteroatoms. The van der Waals surface area contributed by atoms with Crippen molar-refractivity contribution in [2.24, 2.45) is 0 Å². The number of likely N-dealkylation sites (N-methyl/N-ethyl adjacent to an activating group) is 1. The van der Waals surface area contributed by atoms with Gasteiger partial charge in [-0.2, -0.15) is 0 Å². The van der Waals surface area contributed by atoms with E-state index in [4.69, 9.17) is 18.5 Å². The van der Waals surface area contributed by atoms with Crippen molar-refractivity contribution in [3.05, 3.63) is 48.6 Å². The quantitative estimate of drug-likeness (QED) is 0.0211. The number of phosphoric ester groups is 1. The molecule has 1 N–H and O–H groups in total. The zero-order valence-corrected chi connectivity index (χ0v) is 58.7. The number of allylic oxidation sites excluding steroid dienone is 8. The molecule has 0 fully saturated rings. The molecule has 0 aliphatic carbocycles. The minimum absolute atomic E-state index is 0.0326. The molecule has 0 aliphatic heterocycles. The van der Waals surface area contributed by atoms with E-state index in [1.165, 1.54) is 289 Å². The smallest absolute Gasteiger partial charge is 0.462 e. The number of carbonyl (C=O) groups excluding carboxylic acids is 2. The van der Waals surface area contributed by atoms with Crippen LogP contribution in [-0.2, 0) is 32.7 Å². The summed E-state index contributed by atoms with van der Waals surface area (Å²) in [4.78, 5) is 35.9. The first-order valence-electron chi connectivity index (χ1n) is 37.4. The Morgan fingerprint density at radius 2 is 0.628 bits per heavy atom. The number of ether oxygens (including phenoxy) is 2. The van der Waals surface area contributed by atoms with E-state index in [1.54, 1.807) is 0 Å². The summed E-state index contributed by atoms with van der Waals surface area (Å²) in [6.07, 6.45) is 88.1. The molecule has 506 valence electrons. The molecule has 2 unspecified atom stereocenters. The van der Waals surface area contributed by atoms with Gasteiger partial charge in [0.15, 0.2) is 6.10 Å². The van der Waals surface area contributed by atoms with Gasteiger partial charge < -0.3 is 18.9 Å². The van der Waals surface area contributed by atoms with Crippen molar-refractivity contribution in [2.75, 3.05) is 47.5 Å². The highest BCUT2D eigenvalue weighted by molar-refractivity contribution is 7.47. The Hall–Kier alpha value is -2.03. The van der Waals surface area contributed by atoms with E-state index in [9.17, 15) is 19.0 Å². The van der Waals surface area contributed by atoms with Gasteiger partial charge in [0.25, 0.3) is 0 Å². The van der Waals surface area contributed by atoms with Crippen LogP contribution in [0.2, 0.25) is 0 Å². The fourth-order valence-electron chi connectivity index (χ4n) is 11.1. The second-order valence-electron chi connectivity index (χ2n) is 26.7. The van der Waals surface area contributed by atoms with Gasteiger partial charge in [0.1, 0.15) is 19.8 Å². The maximum Gasteiger partial charge on any atom is 0.472 e. The zero-order chi connectivity index (χ0) is 62.6. The topological polar surface area (TPSA) is 108 Å². The fourth-order valence-corrected chi connectivity index (χ4v) is 11.8. The average molecular weight is 1230 g/mol. The molecule has 0 saturated carbocycles. The first-order valence-corrected chi connectivity index (χ1v) is 38.9. The molecular weight excluding hydrogens is 1090 g/mol. The molecule has 86 heavy (non-hydrogen) atoms. The summed E-state index contributed by atoms with van der Waals surface area (Å²) in [6.45, 7) is 4.48. The molecule has 0 aromatic carbocycles. The summed E-state index contributed by atoms with van der Waals surface area (Å²) in [7, 11) is 1.49. The Morgan fingerprint density at radius 3 is 0.942 bits per heavy atom. The number of hydrogen-bond donors (Lipinski definition) is 1. The Morgan fingerprint density at radius 1 is 0.360 bits per heavy atom. The van der Waals surface area contributed by atoms with Crippen LogP contribution in [0.4, 0.5) is 0 Å². The molecule has 2 atom stereocenters. The van der Waals surface area contributed by atoms with Crippen LogP contribution in [0.25, 0.3) is 0 Å². The summed E-state index contributed by atoms with van der Waals surface area (Å²) in [5.74, 6) is -0.781. The number of unbranched alkanes of at least 4 members (excludes halogenated alkanes) is 48. The molecule has 0 aromatic heterocycles. The molecule has 0 spiro atoms. The van der Waals surface area contributed by atoms with Crippen LogP contribution < -0.4 is 0 Å². The van der Waals surface area contributed by atoms with Gasteiger partial charge in [-0.15, -0.1) is 0 Å². The van der Waals surface area contributed by atoms with Crippen LogP contribution in [0, 0.1) is 0 Å². The van der Waals surface area contributed by atoms with Crippen LogP contribution >= 0.6 is 7.82 Å². The Bertz CT molecular complexity index is 1590. The fraction of sp³-hybridized carbons (Fsp3) is 0.868. The van der Waals surface area contributed by atoms with E-state index >= 15 is 0 Å². The van der Waals surface area contributed by atoms with Crippen molar-refractivity contribution in [1.29, 1.82) is 0 Å². The van der Waals surface area contributed by atoms with Gasteiger partial charge in [-0.1, -0.05) is 332 Å². The van der Waals surface area contributed by atoms with E-state index in [0.717, 1.165) is 51.4 Å². The number of nitrogens with zero attached hydrogens (tertiary/aromatic N) is 1. The first kappa shape index (κ1) is 84.0. The first-order chi connectivity index (χ1) is 42.0. The summed E-state index contributed by atoms with van der Waals surface area (Å²) in [5.41, 5.74) is 0. The molecular formula is C76H145NO8P+. The summed E-state index contributed by atoms with van der Waals surface area (Å²) in [5, 5.41) is 0. The number of phosphoric acid groups is 1. The van der Waals surface area contributed by atoms with E-state index in [1.807, 2.05) is 21.1 Å². The molecule has 0 rings (SSSR count). The molecule has 0 bridgehead atoms. The molecule has 0 amide bonds. The highest BCUT2D eigenvalue weighted by atomic mass is 31.2. The third kappa shape index (κ3) is 71.1. The van der Waals surface area contributed by atoms with Crippen LogP contribution in [0.15, 0.2) is 48.6 Å². The van der Waals surface area contributed by atoms with Gasteiger partial charge in [0.05, 0.1) is 27.7 Å². The number of rotatable bonds is 70. The SMILES string of the molecule is CCCCCCC/C=C\C/C=C\C/C=C\CCCCCCCCCCCCCCC(=O)OC(COC(=O)CCCCCCCCCCCCCCCCCCCCCCCCC/C=C\CCCCCCCCCC)COP(=O)(O)OCC[N+](C)(C)C. The van der Waals surface area contributed by atoms with E-state index < -0.39 is 26.5 Å². The minimum atomic E-state index is -4.39. The van der Waals surface area contributed by atoms with Gasteiger partial charge in [0, 0.05) is 12.8 Å². The van der Waals surface area contributed by atoms with Gasteiger partial charge in [0.2, 0.25) is 0 Å². The van der Waals surface area contributed by atoms with Gasteiger partial charge in [-0.05, 0) is 77.0 Å². The van der Waals surface area contributed by atoms with Crippen molar-refractivity contribution in [1.82, 2.24) is 0 Å². The van der Waals surface area contributed by atoms with Crippen molar-refractivity contribution in [3.8, 4) is 0 Å². The molecule has 0 heterocycles. The normalized spacial score (nSPS) is 13.3. The van der Waals surface area contributed by atoms with Crippen LogP contribution in [0.1, 0.15) is 373 Å². The van der Waals surface area contributed by atoms with Crippen molar-refractivity contribution >= 4 is 19.8 Å². The lowest BCUT2D eigenvalue weighted by atomic mass is 10.0. The average Bonchev–Trinajstić information content (AvgIpc) is 3.53. The second kappa shape index (κ2) is 67.4. The number of esters is 2. The Labute approximate surface area is 534 Å². The van der Waals surface area contributed by atoms with E-state index in [2.05, 4.69) is 62.5 Å². The van der Waals surface area contributed by atoms with Crippen molar-refractivity contribution in [3.63, 3.8) is 0 Å². The predicted molar refractivity (Wildman–Crippen MR) is 372 cm³/mol. The lowest BCUT2D eigenvalue weighted by Gasteiger charge is -2.24. The van der Waals surface area contributed by atoms with Crippen molar-refractivity contribution in [2.45, 2.75) is 380 Å². The Balaban J connectivity index is 3.96. The van der Waals surface area contributed by atoms with Gasteiger partial charge in [-0.25, -0.2) is 4.57 Å². The lowest BCUT2D eigenvalue weighted by Crippen LogP contribution is -2.37. The van der Waals surface area contributed by atoms with E-state index in [-0.39, 0.29) is 25.6 Å². The van der Waals surface area contributed by atoms with Crippen molar-refractivity contribution < 1.29 is 42.1 Å². The highest BCUT2D eigenvalue weighted by Gasteiger charge is 2.27. The minimum Gasteiger partial charge on any atom is -0.462 e. The predicted octanol–water partition coefficient (Wildman–Crippen LogP) is 24.4. The third-order valence-corrected chi connectivity index (χ3v) is 17.8. The standard InChI is InChI=1S/C76H144NO8P/c1-6-8-10-12-14-16-18-20-22-24-26-28-30-32-34-35-36-37-38-39-40-41-43-44-46-48-50-52-54-56-58-60-62-64-66-68-75(78)82-72-74(73-84-86(80,81)83-71-70-77(3,4)5)85-76(79)69-67-65-63-61-59-57-55-53-51-49-47-45-42-33-31-29-27-25-23-21-19-17-15-13-11-9-7-2/h19,21,24-27,31,33,74H,6-18,20,22-23,28-30,32,34-73H2,1-5H3/p+1/b21-19-,26-24-,27-25-,33-31-. The second-order valence-corrected chi connectivity index (χ2v) is 28.1. The molecule has 0 aromatic rings. The molecule has 0 radical (unpaired) electrons. The highest BCUT2D eigenvalue weighted by Crippen LogP contribution is 2.43. The molecule has 0 aliphatic rings. The van der Waals surface area contributed by atoms with Gasteiger partial charge in [-0.3, -0.25) is 18.6 Å². The molecule has 0 saturated heterocycles. The van der Waals surface area contributed by atoms with Crippen LogP contribution in [0.5, 0.6) is 0 Å². The monoisotopic (exact) mass is 1230 g/mol. The zero-order valence-electron chi connectivity index (χ0n) is 57.8. The number of quaternary nitrogens is 1. The Kier molecular flexibility index (Phi) is 65.8. The van der Waals surface area contributed by atoms with E-state index in [0.29, 0.717) is 23.9 Å². The number of carbonyl (C=O) groups is 2. The van der Waals surface area contributed by atoms with Crippen LogP contribution in [0.3, 0.4) is 0 Å². The summed E-state index contributed by atoms with van der Waals surface area (Å²) in [6, 6.07) is 0. The summed E-state index contributed by atoms with van der Waals surface area (Å²) < 4.78 is 34.8. The maximum atomic E-state index is 12.9.